The number of aliphatic hydroxyl groups excluding tert-OH is 1. The van der Waals surface area contributed by atoms with Gasteiger partial charge >= 0.3 is 0 Å². The van der Waals surface area contributed by atoms with Crippen molar-refractivity contribution in [1.82, 2.24) is 15.3 Å². The lowest BCUT2D eigenvalue weighted by Gasteiger charge is -2.41. The minimum atomic E-state index is -0.0838. The molecule has 3 rings (SSSR count). The molecule has 0 bridgehead atoms. The second-order valence-corrected chi connectivity index (χ2v) is 6.38. The van der Waals surface area contributed by atoms with E-state index >= 15 is 0 Å². The molecule has 5 heteroatoms. The van der Waals surface area contributed by atoms with Crippen LogP contribution in [0.1, 0.15) is 44.0 Å². The molecule has 1 aliphatic carbocycles. The number of rotatable bonds is 6. The quantitative estimate of drug-likeness (QED) is 0.740. The Morgan fingerprint density at radius 3 is 2.75 bits per heavy atom. The van der Waals surface area contributed by atoms with E-state index in [2.05, 4.69) is 15.3 Å². The van der Waals surface area contributed by atoms with Crippen molar-refractivity contribution in [3.05, 3.63) is 18.2 Å². The second kappa shape index (κ2) is 6.24. The zero-order valence-electron chi connectivity index (χ0n) is 12.0. The van der Waals surface area contributed by atoms with Crippen molar-refractivity contribution in [2.24, 2.45) is 11.3 Å². The Morgan fingerprint density at radius 2 is 2.20 bits per heavy atom. The van der Waals surface area contributed by atoms with E-state index in [0.717, 1.165) is 12.4 Å². The molecule has 1 atom stereocenters. The highest BCUT2D eigenvalue weighted by Gasteiger charge is 2.39. The fourth-order valence-electron chi connectivity index (χ4n) is 3.37. The van der Waals surface area contributed by atoms with Gasteiger partial charge in [0, 0.05) is 18.9 Å². The van der Waals surface area contributed by atoms with E-state index in [4.69, 9.17) is 4.74 Å². The molecule has 20 heavy (non-hydrogen) atoms. The summed E-state index contributed by atoms with van der Waals surface area (Å²) in [7, 11) is 0. The van der Waals surface area contributed by atoms with Gasteiger partial charge in [-0.05, 0) is 18.8 Å². The maximum absolute atomic E-state index is 9.55. The Balaban J connectivity index is 1.65. The summed E-state index contributed by atoms with van der Waals surface area (Å²) in [6.45, 7) is 2.30. The molecule has 1 aromatic rings. The van der Waals surface area contributed by atoms with Gasteiger partial charge in [0.15, 0.2) is 0 Å². The molecule has 5 nitrogen and oxygen atoms in total. The number of aromatic nitrogens is 2. The monoisotopic (exact) mass is 279 g/mol. The summed E-state index contributed by atoms with van der Waals surface area (Å²) in [4.78, 5) is 7.71. The fourth-order valence-corrected chi connectivity index (χ4v) is 3.37. The summed E-state index contributed by atoms with van der Waals surface area (Å²) < 4.78 is 5.27. The topological polar surface area (TPSA) is 70.2 Å². The van der Waals surface area contributed by atoms with Crippen LogP contribution in [-0.4, -0.2) is 41.4 Å². The number of hydrogen-bond acceptors (Lipinski definition) is 4. The van der Waals surface area contributed by atoms with Crippen LogP contribution < -0.4 is 5.32 Å². The van der Waals surface area contributed by atoms with Crippen molar-refractivity contribution in [2.75, 3.05) is 26.4 Å². The number of hydrogen-bond donors (Lipinski definition) is 3. The van der Waals surface area contributed by atoms with E-state index in [-0.39, 0.29) is 18.1 Å². The Labute approximate surface area is 120 Å². The van der Waals surface area contributed by atoms with Crippen molar-refractivity contribution >= 4 is 0 Å². The molecule has 1 aromatic heterocycles. The third kappa shape index (κ3) is 2.90. The fraction of sp³-hybridized carbons (Fsp3) is 0.800. The molecule has 0 amide bonds. The summed E-state index contributed by atoms with van der Waals surface area (Å²) in [5.74, 6) is 1.68. The number of H-pyrrole nitrogens is 1. The third-order valence-corrected chi connectivity index (χ3v) is 4.78. The van der Waals surface area contributed by atoms with Crippen molar-refractivity contribution in [1.29, 1.82) is 0 Å². The Kier molecular flexibility index (Phi) is 4.38. The van der Waals surface area contributed by atoms with Gasteiger partial charge in [0.1, 0.15) is 5.82 Å². The third-order valence-electron chi connectivity index (χ3n) is 4.78. The van der Waals surface area contributed by atoms with Gasteiger partial charge in [0.05, 0.1) is 31.3 Å². The Morgan fingerprint density at radius 1 is 1.40 bits per heavy atom. The Hall–Kier alpha value is -0.910. The zero-order chi connectivity index (χ0) is 13.8. The van der Waals surface area contributed by atoms with Gasteiger partial charge in [-0.25, -0.2) is 4.98 Å². The lowest BCUT2D eigenvalue weighted by atomic mass is 9.82. The van der Waals surface area contributed by atoms with Gasteiger partial charge < -0.3 is 20.1 Å². The summed E-state index contributed by atoms with van der Waals surface area (Å²) in [5, 5.41) is 13.2. The lowest BCUT2D eigenvalue weighted by Crippen LogP contribution is -2.53. The van der Waals surface area contributed by atoms with Gasteiger partial charge in [-0.2, -0.15) is 0 Å². The highest BCUT2D eigenvalue weighted by atomic mass is 16.5. The molecule has 0 spiro atoms. The molecule has 1 unspecified atom stereocenters. The van der Waals surface area contributed by atoms with Gasteiger partial charge in [0.2, 0.25) is 0 Å². The molecule has 2 heterocycles. The number of nitrogens with one attached hydrogen (secondary N) is 2. The number of nitrogens with zero attached hydrogens (tertiary/aromatic N) is 1. The normalized spacial score (nSPS) is 24.2. The first-order valence-electron chi connectivity index (χ1n) is 7.74. The van der Waals surface area contributed by atoms with E-state index in [1.165, 1.54) is 32.1 Å². The molecular weight excluding hydrogens is 254 g/mol. The van der Waals surface area contributed by atoms with Crippen LogP contribution in [-0.2, 0) is 4.74 Å². The van der Waals surface area contributed by atoms with E-state index < -0.39 is 0 Å². The molecule has 112 valence electrons. The molecule has 3 N–H and O–H groups in total. The molecule has 1 aliphatic heterocycles. The van der Waals surface area contributed by atoms with Crippen LogP contribution in [0.4, 0.5) is 0 Å². The standard InChI is InChI=1S/C15H25N3O2/c19-9-15(10-20-11-15)8-18-13(14-16-6-7-17-14)12-4-2-1-3-5-12/h6-7,12-13,18-19H,1-5,8-11H2,(H,16,17). The van der Waals surface area contributed by atoms with Gasteiger partial charge in [-0.3, -0.25) is 0 Å². The van der Waals surface area contributed by atoms with Gasteiger partial charge in [-0.1, -0.05) is 19.3 Å². The zero-order valence-corrected chi connectivity index (χ0v) is 12.0. The maximum atomic E-state index is 9.55. The SMILES string of the molecule is OCC1(CNC(c2ncc[nH]2)C2CCCCC2)COC1. The molecular formula is C15H25N3O2. The highest BCUT2D eigenvalue weighted by molar-refractivity contribution is 5.00. The smallest absolute Gasteiger partial charge is 0.123 e. The van der Waals surface area contributed by atoms with Crippen LogP contribution in [0.5, 0.6) is 0 Å². The van der Waals surface area contributed by atoms with Crippen LogP contribution in [0.3, 0.4) is 0 Å². The van der Waals surface area contributed by atoms with Gasteiger partial charge in [-0.15, -0.1) is 0 Å². The van der Waals surface area contributed by atoms with Crippen LogP contribution in [0.15, 0.2) is 12.4 Å². The van der Waals surface area contributed by atoms with Gasteiger partial charge in [0.25, 0.3) is 0 Å². The number of aliphatic hydroxyl groups is 1. The van der Waals surface area contributed by atoms with Crippen LogP contribution in [0, 0.1) is 11.3 Å². The predicted molar refractivity (Wildman–Crippen MR) is 76.2 cm³/mol. The molecule has 1 saturated heterocycles. The highest BCUT2D eigenvalue weighted by Crippen LogP contribution is 2.34. The van der Waals surface area contributed by atoms with Crippen molar-refractivity contribution in [2.45, 2.75) is 38.1 Å². The van der Waals surface area contributed by atoms with Crippen molar-refractivity contribution < 1.29 is 9.84 Å². The van der Waals surface area contributed by atoms with E-state index in [9.17, 15) is 5.11 Å². The predicted octanol–water partition coefficient (Wildman–Crippen LogP) is 1.63. The van der Waals surface area contributed by atoms with Crippen LogP contribution >= 0.6 is 0 Å². The number of imidazole rings is 1. The number of aromatic amines is 1. The average Bonchev–Trinajstić information content (AvgIpc) is 2.97. The summed E-state index contributed by atoms with van der Waals surface area (Å²) in [5.41, 5.74) is -0.0838. The van der Waals surface area contributed by atoms with Crippen LogP contribution in [0.25, 0.3) is 0 Å². The minimum absolute atomic E-state index is 0.0838. The van der Waals surface area contributed by atoms with E-state index in [1.807, 2.05) is 12.4 Å². The first-order valence-corrected chi connectivity index (χ1v) is 7.74. The molecule has 2 fully saturated rings. The van der Waals surface area contributed by atoms with Crippen LogP contribution in [0.2, 0.25) is 0 Å². The molecule has 0 aromatic carbocycles. The summed E-state index contributed by atoms with van der Waals surface area (Å²) in [6.07, 6.45) is 10.2. The lowest BCUT2D eigenvalue weighted by molar-refractivity contribution is -0.135. The molecule has 2 aliphatic rings. The summed E-state index contributed by atoms with van der Waals surface area (Å²) >= 11 is 0. The first kappa shape index (κ1) is 14.0. The van der Waals surface area contributed by atoms with Crippen molar-refractivity contribution in [3.63, 3.8) is 0 Å². The molecule has 0 radical (unpaired) electrons. The van der Waals surface area contributed by atoms with E-state index in [0.29, 0.717) is 19.1 Å². The molecule has 1 saturated carbocycles. The number of ether oxygens (including phenoxy) is 1. The second-order valence-electron chi connectivity index (χ2n) is 6.38. The Bertz CT molecular complexity index is 392. The van der Waals surface area contributed by atoms with Crippen molar-refractivity contribution in [3.8, 4) is 0 Å². The largest absolute Gasteiger partial charge is 0.396 e. The summed E-state index contributed by atoms with van der Waals surface area (Å²) in [6, 6.07) is 0.273. The van der Waals surface area contributed by atoms with E-state index in [1.54, 1.807) is 0 Å². The average molecular weight is 279 g/mol. The maximum Gasteiger partial charge on any atom is 0.123 e. The minimum Gasteiger partial charge on any atom is -0.396 e. The first-order chi connectivity index (χ1) is 9.83.